The van der Waals surface area contributed by atoms with Crippen molar-refractivity contribution < 1.29 is 9.90 Å². The van der Waals surface area contributed by atoms with Gasteiger partial charge in [-0.25, -0.2) is 0 Å². The summed E-state index contributed by atoms with van der Waals surface area (Å²) in [5, 5.41) is 14.1. The van der Waals surface area contributed by atoms with Gasteiger partial charge in [-0.2, -0.15) is 5.10 Å². The van der Waals surface area contributed by atoms with Gasteiger partial charge in [-0.1, -0.05) is 0 Å². The fourth-order valence-electron chi connectivity index (χ4n) is 0.635. The van der Waals surface area contributed by atoms with E-state index in [1.807, 2.05) is 0 Å². The van der Waals surface area contributed by atoms with Crippen LogP contribution in [0.15, 0.2) is 16.9 Å². The van der Waals surface area contributed by atoms with E-state index in [9.17, 15) is 9.90 Å². The predicted molar refractivity (Wildman–Crippen MR) is 39.6 cm³/mol. The van der Waals surface area contributed by atoms with E-state index in [0.29, 0.717) is 0 Å². The van der Waals surface area contributed by atoms with Gasteiger partial charge in [0.1, 0.15) is 0 Å². The fourth-order valence-corrected chi connectivity index (χ4v) is 0.936. The van der Waals surface area contributed by atoms with Crippen LogP contribution in [0.3, 0.4) is 0 Å². The summed E-state index contributed by atoms with van der Waals surface area (Å²) >= 11 is 3.15. The summed E-state index contributed by atoms with van der Waals surface area (Å²) in [5.74, 6) is -1.14. The Morgan fingerprint density at radius 3 is 2.91 bits per heavy atom. The monoisotopic (exact) mass is 217 g/mol. The van der Waals surface area contributed by atoms with Crippen LogP contribution < -0.4 is 5.11 Å². The van der Waals surface area contributed by atoms with Gasteiger partial charge >= 0.3 is 0 Å². The molecule has 1 atom stereocenters. The van der Waals surface area contributed by atoms with Crippen molar-refractivity contribution in [3.63, 3.8) is 0 Å². The first kappa shape index (κ1) is 8.26. The summed E-state index contributed by atoms with van der Waals surface area (Å²) in [7, 11) is 0. The van der Waals surface area contributed by atoms with Crippen molar-refractivity contribution in [1.82, 2.24) is 9.78 Å². The third-order valence-corrected chi connectivity index (χ3v) is 1.72. The smallest absolute Gasteiger partial charge is 0.0884 e. The van der Waals surface area contributed by atoms with E-state index < -0.39 is 12.0 Å². The molecule has 1 aromatic rings. The molecular formula is C6H6BrN2O2-. The van der Waals surface area contributed by atoms with Crippen molar-refractivity contribution in [3.05, 3.63) is 16.9 Å². The molecule has 0 fully saturated rings. The number of carboxylic acids is 1. The molecule has 0 aliphatic carbocycles. The summed E-state index contributed by atoms with van der Waals surface area (Å²) in [6.07, 6.45) is 3.11. The van der Waals surface area contributed by atoms with Gasteiger partial charge in [0.2, 0.25) is 0 Å². The maximum Gasteiger partial charge on any atom is 0.0884 e. The molecule has 0 aliphatic rings. The average Bonchev–Trinajstić information content (AvgIpc) is 2.34. The Balaban J connectivity index is 2.84. The highest BCUT2D eigenvalue weighted by atomic mass is 79.9. The topological polar surface area (TPSA) is 57.9 Å². The van der Waals surface area contributed by atoms with Gasteiger partial charge < -0.3 is 9.90 Å². The lowest BCUT2D eigenvalue weighted by atomic mass is 10.4. The van der Waals surface area contributed by atoms with Crippen LogP contribution in [0.25, 0.3) is 0 Å². The summed E-state index contributed by atoms with van der Waals surface area (Å²) in [6, 6.07) is -0.721. The highest BCUT2D eigenvalue weighted by Crippen LogP contribution is 2.10. The Kier molecular flexibility index (Phi) is 2.28. The van der Waals surface area contributed by atoms with Gasteiger partial charge in [-0.05, 0) is 22.9 Å². The highest BCUT2D eigenvalue weighted by Gasteiger charge is 2.05. The zero-order chi connectivity index (χ0) is 8.43. The van der Waals surface area contributed by atoms with Crippen LogP contribution in [0.4, 0.5) is 0 Å². The Labute approximate surface area is 72.0 Å². The Morgan fingerprint density at radius 2 is 2.55 bits per heavy atom. The molecule has 0 aromatic carbocycles. The molecular weight excluding hydrogens is 212 g/mol. The van der Waals surface area contributed by atoms with Crippen molar-refractivity contribution in [2.75, 3.05) is 0 Å². The van der Waals surface area contributed by atoms with Crippen LogP contribution >= 0.6 is 15.9 Å². The lowest BCUT2D eigenvalue weighted by molar-refractivity contribution is -0.310. The number of rotatable bonds is 2. The zero-order valence-corrected chi connectivity index (χ0v) is 7.41. The fraction of sp³-hybridized carbons (Fsp3) is 0.333. The minimum atomic E-state index is -1.14. The number of hydrogen-bond acceptors (Lipinski definition) is 3. The third kappa shape index (κ3) is 1.80. The van der Waals surface area contributed by atoms with Crippen molar-refractivity contribution >= 4 is 21.9 Å². The van der Waals surface area contributed by atoms with E-state index in [-0.39, 0.29) is 0 Å². The molecule has 0 bridgehead atoms. The van der Waals surface area contributed by atoms with Gasteiger partial charge in [0, 0.05) is 6.20 Å². The zero-order valence-electron chi connectivity index (χ0n) is 5.82. The molecule has 0 radical (unpaired) electrons. The summed E-state index contributed by atoms with van der Waals surface area (Å²) in [6.45, 7) is 1.51. The normalized spacial score (nSPS) is 12.9. The summed E-state index contributed by atoms with van der Waals surface area (Å²) in [5.41, 5.74) is 0. The van der Waals surface area contributed by atoms with E-state index in [1.54, 1.807) is 6.20 Å². The van der Waals surface area contributed by atoms with Gasteiger partial charge in [0.25, 0.3) is 0 Å². The predicted octanol–water partition coefficient (Wildman–Crippen LogP) is -0.0435. The SMILES string of the molecule is C[C@H](C(=O)[O-])n1cc(Br)cn1. The first-order valence-electron chi connectivity index (χ1n) is 3.02. The van der Waals surface area contributed by atoms with Crippen molar-refractivity contribution in [3.8, 4) is 0 Å². The highest BCUT2D eigenvalue weighted by molar-refractivity contribution is 9.10. The van der Waals surface area contributed by atoms with Gasteiger partial charge in [-0.3, -0.25) is 4.68 Å². The van der Waals surface area contributed by atoms with Crippen LogP contribution in [0.5, 0.6) is 0 Å². The third-order valence-electron chi connectivity index (χ3n) is 1.31. The van der Waals surface area contributed by atoms with E-state index in [4.69, 9.17) is 0 Å². The standard InChI is InChI=1S/C6H7BrN2O2/c1-4(6(10)11)9-3-5(7)2-8-9/h2-4H,1H3,(H,10,11)/p-1/t4-/m1/s1. The molecule has 1 heterocycles. The number of nitrogens with zero attached hydrogens (tertiary/aromatic N) is 2. The number of carbonyl (C=O) groups excluding carboxylic acids is 1. The number of aromatic nitrogens is 2. The van der Waals surface area contributed by atoms with Crippen LogP contribution in [-0.2, 0) is 4.79 Å². The van der Waals surface area contributed by atoms with E-state index in [2.05, 4.69) is 21.0 Å². The molecule has 1 rings (SSSR count). The maximum atomic E-state index is 10.3. The van der Waals surface area contributed by atoms with Crippen LogP contribution in [-0.4, -0.2) is 15.7 Å². The molecule has 0 saturated heterocycles. The number of halogens is 1. The molecule has 0 amide bonds. The second kappa shape index (κ2) is 3.04. The van der Waals surface area contributed by atoms with E-state index in [1.165, 1.54) is 17.8 Å². The average molecular weight is 218 g/mol. The second-order valence-electron chi connectivity index (χ2n) is 2.13. The van der Waals surface area contributed by atoms with Gasteiger partial charge in [0.05, 0.1) is 22.7 Å². The Bertz CT molecular complexity index is 271. The molecule has 60 valence electrons. The second-order valence-corrected chi connectivity index (χ2v) is 3.05. The quantitative estimate of drug-likeness (QED) is 0.699. The lowest BCUT2D eigenvalue weighted by Crippen LogP contribution is -2.31. The van der Waals surface area contributed by atoms with Crippen LogP contribution in [0.1, 0.15) is 13.0 Å². The molecule has 0 saturated carbocycles. The molecule has 1 aromatic heterocycles. The van der Waals surface area contributed by atoms with Gasteiger partial charge in [0.15, 0.2) is 0 Å². The molecule has 5 heteroatoms. The van der Waals surface area contributed by atoms with Crippen LogP contribution in [0.2, 0.25) is 0 Å². The molecule has 11 heavy (non-hydrogen) atoms. The number of carbonyl (C=O) groups is 1. The Hall–Kier alpha value is -0.840. The number of aliphatic carboxylic acids is 1. The Morgan fingerprint density at radius 1 is 1.91 bits per heavy atom. The summed E-state index contributed by atoms with van der Waals surface area (Å²) in [4.78, 5) is 10.3. The van der Waals surface area contributed by atoms with Crippen molar-refractivity contribution in [2.45, 2.75) is 13.0 Å². The summed E-state index contributed by atoms with van der Waals surface area (Å²) < 4.78 is 2.07. The minimum Gasteiger partial charge on any atom is -0.548 e. The molecule has 0 aliphatic heterocycles. The van der Waals surface area contributed by atoms with Crippen molar-refractivity contribution in [1.29, 1.82) is 0 Å². The number of hydrogen-bond donors (Lipinski definition) is 0. The molecule has 0 N–H and O–H groups in total. The van der Waals surface area contributed by atoms with Crippen molar-refractivity contribution in [2.24, 2.45) is 0 Å². The maximum absolute atomic E-state index is 10.3. The first-order valence-corrected chi connectivity index (χ1v) is 3.81. The van der Waals surface area contributed by atoms with Crippen LogP contribution in [0, 0.1) is 0 Å². The largest absolute Gasteiger partial charge is 0.548 e. The lowest BCUT2D eigenvalue weighted by Gasteiger charge is -2.11. The first-order chi connectivity index (χ1) is 5.11. The van der Waals surface area contributed by atoms with Gasteiger partial charge in [-0.15, -0.1) is 0 Å². The number of carboxylic acid groups (broad SMARTS) is 1. The van der Waals surface area contributed by atoms with E-state index in [0.717, 1.165) is 4.47 Å². The minimum absolute atomic E-state index is 0.721. The molecule has 0 unspecified atom stereocenters. The van der Waals surface area contributed by atoms with E-state index >= 15 is 0 Å². The molecule has 4 nitrogen and oxygen atoms in total. The molecule has 0 spiro atoms.